The van der Waals surface area contributed by atoms with Gasteiger partial charge in [-0.1, -0.05) is 11.6 Å². The van der Waals surface area contributed by atoms with E-state index in [2.05, 4.69) is 29.2 Å². The number of aromatic nitrogens is 3. The summed E-state index contributed by atoms with van der Waals surface area (Å²) in [4.78, 5) is 4.08. The average molecular weight is 251 g/mol. The van der Waals surface area contributed by atoms with E-state index >= 15 is 0 Å². The van der Waals surface area contributed by atoms with Gasteiger partial charge >= 0.3 is 0 Å². The van der Waals surface area contributed by atoms with E-state index in [0.29, 0.717) is 5.02 Å². The van der Waals surface area contributed by atoms with Gasteiger partial charge in [0.15, 0.2) is 0 Å². The third-order valence-corrected chi connectivity index (χ3v) is 2.87. The lowest BCUT2D eigenvalue weighted by molar-refractivity contribution is 0.540. The van der Waals surface area contributed by atoms with Crippen LogP contribution in [0.1, 0.15) is 19.9 Å². The van der Waals surface area contributed by atoms with Gasteiger partial charge in [0, 0.05) is 31.0 Å². The van der Waals surface area contributed by atoms with Crippen molar-refractivity contribution in [2.75, 3.05) is 12.4 Å². The number of hydrogen-bond donors (Lipinski definition) is 1. The summed E-state index contributed by atoms with van der Waals surface area (Å²) < 4.78 is 1.88. The molecule has 0 spiro atoms. The number of pyridine rings is 1. The minimum absolute atomic E-state index is 0.250. The van der Waals surface area contributed by atoms with Crippen LogP contribution in [0.4, 0.5) is 5.82 Å². The second-order valence-corrected chi connectivity index (χ2v) is 4.42. The Morgan fingerprint density at radius 2 is 2.18 bits per heavy atom. The van der Waals surface area contributed by atoms with Crippen molar-refractivity contribution in [2.45, 2.75) is 19.9 Å². The van der Waals surface area contributed by atoms with Crippen LogP contribution in [0, 0.1) is 0 Å². The van der Waals surface area contributed by atoms with Gasteiger partial charge in [0.05, 0.1) is 0 Å². The maximum atomic E-state index is 6.33. The van der Waals surface area contributed by atoms with Gasteiger partial charge in [-0.25, -0.2) is 4.68 Å². The van der Waals surface area contributed by atoms with Crippen molar-refractivity contribution in [2.24, 2.45) is 0 Å². The summed E-state index contributed by atoms with van der Waals surface area (Å²) >= 11 is 6.33. The minimum atomic E-state index is 0.250. The van der Waals surface area contributed by atoms with Crippen molar-refractivity contribution in [1.82, 2.24) is 14.8 Å². The molecule has 0 saturated heterocycles. The van der Waals surface area contributed by atoms with Gasteiger partial charge in [-0.05, 0) is 26.0 Å². The average Bonchev–Trinajstić information content (AvgIpc) is 2.67. The van der Waals surface area contributed by atoms with E-state index in [-0.39, 0.29) is 6.04 Å². The molecule has 0 fully saturated rings. The predicted molar refractivity (Wildman–Crippen MR) is 70.4 cm³/mol. The maximum absolute atomic E-state index is 6.33. The second-order valence-electron chi connectivity index (χ2n) is 4.04. The van der Waals surface area contributed by atoms with Crippen molar-refractivity contribution in [3.8, 4) is 11.3 Å². The highest BCUT2D eigenvalue weighted by atomic mass is 35.5. The third kappa shape index (κ3) is 2.13. The lowest BCUT2D eigenvalue weighted by Gasteiger charge is -2.09. The Morgan fingerprint density at radius 3 is 2.65 bits per heavy atom. The Hall–Kier alpha value is -1.55. The van der Waals surface area contributed by atoms with Crippen LogP contribution in [0.5, 0.6) is 0 Å². The molecule has 0 aromatic carbocycles. The van der Waals surface area contributed by atoms with E-state index in [0.717, 1.165) is 17.1 Å². The molecule has 2 heterocycles. The molecule has 0 unspecified atom stereocenters. The molecule has 2 rings (SSSR count). The molecule has 2 aromatic heterocycles. The van der Waals surface area contributed by atoms with Crippen LogP contribution >= 0.6 is 11.6 Å². The number of halogens is 1. The summed E-state index contributed by atoms with van der Waals surface area (Å²) in [5.74, 6) is 0.834. The van der Waals surface area contributed by atoms with E-state index in [1.54, 1.807) is 12.4 Å². The quantitative estimate of drug-likeness (QED) is 0.910. The monoisotopic (exact) mass is 250 g/mol. The van der Waals surface area contributed by atoms with Crippen molar-refractivity contribution in [1.29, 1.82) is 0 Å². The first-order valence-corrected chi connectivity index (χ1v) is 5.89. The van der Waals surface area contributed by atoms with Crippen LogP contribution in [-0.4, -0.2) is 21.8 Å². The first kappa shape index (κ1) is 11.9. The molecule has 1 N–H and O–H groups in total. The molecule has 0 aliphatic rings. The SMILES string of the molecule is CNc1c(Cl)c(-c2cccnc2)nn1C(C)C. The van der Waals surface area contributed by atoms with Crippen molar-refractivity contribution < 1.29 is 0 Å². The van der Waals surface area contributed by atoms with Gasteiger partial charge in [0.2, 0.25) is 0 Å². The summed E-state index contributed by atoms with van der Waals surface area (Å²) in [7, 11) is 1.84. The van der Waals surface area contributed by atoms with Crippen LogP contribution in [0.2, 0.25) is 5.02 Å². The van der Waals surface area contributed by atoms with E-state index < -0.39 is 0 Å². The molecule has 0 amide bonds. The van der Waals surface area contributed by atoms with Crippen LogP contribution in [0.15, 0.2) is 24.5 Å². The molecule has 17 heavy (non-hydrogen) atoms. The molecule has 0 radical (unpaired) electrons. The summed E-state index contributed by atoms with van der Waals surface area (Å²) in [6.07, 6.45) is 3.49. The summed E-state index contributed by atoms with van der Waals surface area (Å²) in [5.41, 5.74) is 1.69. The highest BCUT2D eigenvalue weighted by Crippen LogP contribution is 2.34. The van der Waals surface area contributed by atoms with Gasteiger partial charge in [-0.3, -0.25) is 4.98 Å². The van der Waals surface area contributed by atoms with Gasteiger partial charge < -0.3 is 5.32 Å². The Balaban J connectivity index is 2.57. The normalized spacial score (nSPS) is 10.9. The smallest absolute Gasteiger partial charge is 0.143 e. The Bertz CT molecular complexity index is 505. The first-order valence-electron chi connectivity index (χ1n) is 5.51. The molecular weight excluding hydrogens is 236 g/mol. The van der Waals surface area contributed by atoms with Crippen LogP contribution in [0.3, 0.4) is 0 Å². The Kier molecular flexibility index (Phi) is 3.33. The van der Waals surface area contributed by atoms with Crippen molar-refractivity contribution in [3.63, 3.8) is 0 Å². The number of anilines is 1. The van der Waals surface area contributed by atoms with E-state index in [4.69, 9.17) is 11.6 Å². The van der Waals surface area contributed by atoms with Gasteiger partial charge in [-0.2, -0.15) is 5.10 Å². The van der Waals surface area contributed by atoms with Crippen LogP contribution in [0.25, 0.3) is 11.3 Å². The van der Waals surface area contributed by atoms with Gasteiger partial charge in [0.1, 0.15) is 16.5 Å². The second kappa shape index (κ2) is 4.75. The van der Waals surface area contributed by atoms with Gasteiger partial charge in [0.25, 0.3) is 0 Å². The molecule has 5 heteroatoms. The first-order chi connectivity index (χ1) is 8.15. The Morgan fingerprint density at radius 1 is 1.41 bits per heavy atom. The molecule has 2 aromatic rings. The summed E-state index contributed by atoms with van der Waals surface area (Å²) in [6, 6.07) is 4.07. The molecule has 4 nitrogen and oxygen atoms in total. The molecule has 90 valence electrons. The van der Waals surface area contributed by atoms with Crippen molar-refractivity contribution in [3.05, 3.63) is 29.5 Å². The number of nitrogens with one attached hydrogen (secondary N) is 1. The minimum Gasteiger partial charge on any atom is -0.372 e. The highest BCUT2D eigenvalue weighted by molar-refractivity contribution is 6.35. The zero-order valence-electron chi connectivity index (χ0n) is 10.1. The molecule has 0 aliphatic heterocycles. The molecule has 0 atom stereocenters. The molecule has 0 bridgehead atoms. The fraction of sp³-hybridized carbons (Fsp3) is 0.333. The predicted octanol–water partition coefficient (Wildman–Crippen LogP) is 3.22. The third-order valence-electron chi connectivity index (χ3n) is 2.51. The largest absolute Gasteiger partial charge is 0.372 e. The number of hydrogen-bond acceptors (Lipinski definition) is 3. The topological polar surface area (TPSA) is 42.7 Å². The maximum Gasteiger partial charge on any atom is 0.143 e. The van der Waals surface area contributed by atoms with E-state index in [1.165, 1.54) is 0 Å². The lowest BCUT2D eigenvalue weighted by Crippen LogP contribution is -2.07. The van der Waals surface area contributed by atoms with Crippen LogP contribution < -0.4 is 5.32 Å². The summed E-state index contributed by atoms with van der Waals surface area (Å²) in [6.45, 7) is 4.13. The standard InChI is InChI=1S/C12H15ClN4/c1-8(2)17-12(14-3)10(13)11(16-17)9-5-4-6-15-7-9/h4-8,14H,1-3H3. The summed E-state index contributed by atoms with van der Waals surface area (Å²) in [5, 5.41) is 8.25. The number of nitrogens with zero attached hydrogens (tertiary/aromatic N) is 3. The molecule has 0 aliphatic carbocycles. The van der Waals surface area contributed by atoms with Crippen LogP contribution in [-0.2, 0) is 0 Å². The van der Waals surface area contributed by atoms with E-state index in [9.17, 15) is 0 Å². The fourth-order valence-corrected chi connectivity index (χ4v) is 2.03. The highest BCUT2D eigenvalue weighted by Gasteiger charge is 2.18. The van der Waals surface area contributed by atoms with E-state index in [1.807, 2.05) is 23.9 Å². The zero-order chi connectivity index (χ0) is 12.4. The lowest BCUT2D eigenvalue weighted by atomic mass is 10.2. The number of rotatable bonds is 3. The molecule has 0 saturated carbocycles. The fourth-order valence-electron chi connectivity index (χ4n) is 1.70. The zero-order valence-corrected chi connectivity index (χ0v) is 10.9. The van der Waals surface area contributed by atoms with Gasteiger partial charge in [-0.15, -0.1) is 0 Å². The van der Waals surface area contributed by atoms with Crippen molar-refractivity contribution >= 4 is 17.4 Å². The Labute approximate surface area is 106 Å². The molecular formula is C12H15ClN4.